The van der Waals surface area contributed by atoms with E-state index in [4.69, 9.17) is 10.00 Å². The standard InChI is InChI=1S/C16H15FN2O/c1-19(15-6-4-3-5-14(15)17)11-12-7-8-16(20-2)13(9-12)10-18/h3-9H,11H2,1-2H3. The molecule has 2 rings (SSSR count). The fourth-order valence-corrected chi connectivity index (χ4v) is 2.06. The minimum atomic E-state index is -0.260. The quantitative estimate of drug-likeness (QED) is 0.855. The van der Waals surface area contributed by atoms with Crippen LogP contribution in [0.2, 0.25) is 0 Å². The van der Waals surface area contributed by atoms with Crippen LogP contribution in [-0.4, -0.2) is 14.2 Å². The van der Waals surface area contributed by atoms with E-state index in [-0.39, 0.29) is 5.82 Å². The Morgan fingerprint density at radius 3 is 2.65 bits per heavy atom. The Labute approximate surface area is 117 Å². The molecule has 0 saturated heterocycles. The first-order chi connectivity index (χ1) is 9.65. The molecule has 0 aromatic heterocycles. The Morgan fingerprint density at radius 1 is 1.25 bits per heavy atom. The van der Waals surface area contributed by atoms with E-state index >= 15 is 0 Å². The molecule has 0 spiro atoms. The van der Waals surface area contributed by atoms with Gasteiger partial charge in [-0.25, -0.2) is 4.39 Å². The van der Waals surface area contributed by atoms with Gasteiger partial charge in [0.25, 0.3) is 0 Å². The summed E-state index contributed by atoms with van der Waals surface area (Å²) < 4.78 is 18.8. The van der Waals surface area contributed by atoms with Gasteiger partial charge in [0.1, 0.15) is 17.6 Å². The number of anilines is 1. The lowest BCUT2D eigenvalue weighted by Crippen LogP contribution is -2.17. The number of hydrogen-bond donors (Lipinski definition) is 0. The van der Waals surface area contributed by atoms with E-state index < -0.39 is 0 Å². The van der Waals surface area contributed by atoms with Crippen LogP contribution in [0.3, 0.4) is 0 Å². The highest BCUT2D eigenvalue weighted by Gasteiger charge is 2.09. The number of nitriles is 1. The van der Waals surface area contributed by atoms with E-state index in [0.29, 0.717) is 23.5 Å². The molecule has 2 aromatic carbocycles. The summed E-state index contributed by atoms with van der Waals surface area (Å²) in [5, 5.41) is 9.07. The number of ether oxygens (including phenoxy) is 1. The fourth-order valence-electron chi connectivity index (χ4n) is 2.06. The molecule has 0 saturated carbocycles. The number of hydrogen-bond acceptors (Lipinski definition) is 3. The topological polar surface area (TPSA) is 36.3 Å². The first-order valence-electron chi connectivity index (χ1n) is 6.18. The molecule has 2 aromatic rings. The average Bonchev–Trinajstić information content (AvgIpc) is 2.47. The van der Waals surface area contributed by atoms with E-state index in [0.717, 1.165) is 5.56 Å². The Bertz CT molecular complexity index is 649. The van der Waals surface area contributed by atoms with Gasteiger partial charge in [-0.1, -0.05) is 18.2 Å². The predicted octanol–water partition coefficient (Wildman–Crippen LogP) is 3.34. The van der Waals surface area contributed by atoms with Crippen molar-refractivity contribution in [2.45, 2.75) is 6.54 Å². The smallest absolute Gasteiger partial charge is 0.146 e. The second-order valence-corrected chi connectivity index (χ2v) is 4.45. The minimum absolute atomic E-state index is 0.260. The zero-order valence-electron chi connectivity index (χ0n) is 11.4. The maximum atomic E-state index is 13.7. The van der Waals surface area contributed by atoms with Gasteiger partial charge < -0.3 is 9.64 Å². The van der Waals surface area contributed by atoms with Crippen LogP contribution in [0, 0.1) is 17.1 Å². The second-order valence-electron chi connectivity index (χ2n) is 4.45. The zero-order valence-corrected chi connectivity index (χ0v) is 11.4. The molecule has 102 valence electrons. The second kappa shape index (κ2) is 6.07. The molecular formula is C16H15FN2O. The summed E-state index contributed by atoms with van der Waals surface area (Å²) in [6.45, 7) is 0.513. The lowest BCUT2D eigenvalue weighted by molar-refractivity contribution is 0.413. The van der Waals surface area contributed by atoms with Crippen LogP contribution in [0.15, 0.2) is 42.5 Å². The van der Waals surface area contributed by atoms with Crippen molar-refractivity contribution in [1.82, 2.24) is 0 Å². The average molecular weight is 270 g/mol. The van der Waals surface area contributed by atoms with E-state index in [1.54, 1.807) is 35.2 Å². The molecule has 0 radical (unpaired) electrons. The summed E-state index contributed by atoms with van der Waals surface area (Å²) in [6.07, 6.45) is 0. The van der Waals surface area contributed by atoms with Gasteiger partial charge in [-0.2, -0.15) is 5.26 Å². The summed E-state index contributed by atoms with van der Waals surface area (Å²) in [7, 11) is 3.34. The lowest BCUT2D eigenvalue weighted by atomic mass is 10.1. The van der Waals surface area contributed by atoms with Gasteiger partial charge in [0.15, 0.2) is 0 Å². The van der Waals surface area contributed by atoms with Crippen LogP contribution in [0.5, 0.6) is 5.75 Å². The fraction of sp³-hybridized carbons (Fsp3) is 0.188. The van der Waals surface area contributed by atoms with Crippen LogP contribution in [-0.2, 0) is 6.54 Å². The largest absolute Gasteiger partial charge is 0.495 e. The van der Waals surface area contributed by atoms with E-state index in [1.165, 1.54) is 13.2 Å². The molecule has 0 amide bonds. The lowest BCUT2D eigenvalue weighted by Gasteiger charge is -2.20. The van der Waals surface area contributed by atoms with Crippen molar-refractivity contribution in [2.75, 3.05) is 19.1 Å². The summed E-state index contributed by atoms with van der Waals surface area (Å²) in [5.74, 6) is 0.286. The Hall–Kier alpha value is -2.54. The van der Waals surface area contributed by atoms with Crippen LogP contribution < -0.4 is 9.64 Å². The minimum Gasteiger partial charge on any atom is -0.495 e. The highest BCUT2D eigenvalue weighted by atomic mass is 19.1. The monoisotopic (exact) mass is 270 g/mol. The molecule has 20 heavy (non-hydrogen) atoms. The summed E-state index contributed by atoms with van der Waals surface area (Å²) in [4.78, 5) is 1.80. The van der Waals surface area contributed by atoms with Gasteiger partial charge in [0.05, 0.1) is 18.4 Å². The van der Waals surface area contributed by atoms with Crippen molar-refractivity contribution in [3.8, 4) is 11.8 Å². The van der Waals surface area contributed by atoms with E-state index in [9.17, 15) is 4.39 Å². The van der Waals surface area contributed by atoms with Gasteiger partial charge in [0, 0.05) is 13.6 Å². The molecular weight excluding hydrogens is 255 g/mol. The summed E-state index contributed by atoms with van der Waals surface area (Å²) >= 11 is 0. The third kappa shape index (κ3) is 2.89. The van der Waals surface area contributed by atoms with Crippen molar-refractivity contribution < 1.29 is 9.13 Å². The molecule has 0 atom stereocenters. The molecule has 3 nitrogen and oxygen atoms in total. The van der Waals surface area contributed by atoms with Gasteiger partial charge in [-0.3, -0.25) is 0 Å². The highest BCUT2D eigenvalue weighted by Crippen LogP contribution is 2.22. The molecule has 0 aliphatic carbocycles. The molecule has 4 heteroatoms. The van der Waals surface area contributed by atoms with E-state index in [2.05, 4.69) is 6.07 Å². The molecule has 0 unspecified atom stereocenters. The van der Waals surface area contributed by atoms with Crippen LogP contribution in [0.1, 0.15) is 11.1 Å². The third-order valence-corrected chi connectivity index (χ3v) is 3.07. The summed E-state index contributed by atoms with van der Waals surface area (Å²) in [5.41, 5.74) is 1.93. The highest BCUT2D eigenvalue weighted by molar-refractivity contribution is 5.49. The maximum absolute atomic E-state index is 13.7. The van der Waals surface area contributed by atoms with Crippen molar-refractivity contribution in [3.05, 3.63) is 59.4 Å². The molecule has 0 aliphatic rings. The normalized spacial score (nSPS) is 9.90. The maximum Gasteiger partial charge on any atom is 0.146 e. The number of benzene rings is 2. The first kappa shape index (κ1) is 13.9. The van der Waals surface area contributed by atoms with Gasteiger partial charge >= 0.3 is 0 Å². The SMILES string of the molecule is COc1ccc(CN(C)c2ccccc2F)cc1C#N. The number of nitrogens with zero attached hydrogens (tertiary/aromatic N) is 2. The number of rotatable bonds is 4. The van der Waals surface area contributed by atoms with Crippen molar-refractivity contribution in [1.29, 1.82) is 5.26 Å². The third-order valence-electron chi connectivity index (χ3n) is 3.07. The number of methoxy groups -OCH3 is 1. The van der Waals surface area contributed by atoms with E-state index in [1.807, 2.05) is 13.1 Å². The van der Waals surface area contributed by atoms with Gasteiger partial charge in [-0.15, -0.1) is 0 Å². The van der Waals surface area contributed by atoms with Crippen LogP contribution in [0.4, 0.5) is 10.1 Å². The zero-order chi connectivity index (χ0) is 14.5. The molecule has 0 bridgehead atoms. The van der Waals surface area contributed by atoms with Gasteiger partial charge in [0.2, 0.25) is 0 Å². The van der Waals surface area contributed by atoms with Crippen molar-refractivity contribution >= 4 is 5.69 Å². The van der Waals surface area contributed by atoms with Crippen LogP contribution in [0.25, 0.3) is 0 Å². The van der Waals surface area contributed by atoms with Crippen molar-refractivity contribution in [2.24, 2.45) is 0 Å². The Morgan fingerprint density at radius 2 is 2.00 bits per heavy atom. The van der Waals surface area contributed by atoms with Gasteiger partial charge in [-0.05, 0) is 29.8 Å². The molecule has 0 aliphatic heterocycles. The number of para-hydroxylation sites is 1. The first-order valence-corrected chi connectivity index (χ1v) is 6.18. The van der Waals surface area contributed by atoms with Crippen molar-refractivity contribution in [3.63, 3.8) is 0 Å². The molecule has 0 N–H and O–H groups in total. The molecule has 0 heterocycles. The predicted molar refractivity (Wildman–Crippen MR) is 76.2 cm³/mol. The summed E-state index contributed by atoms with van der Waals surface area (Å²) in [6, 6.07) is 14.1. The Kier molecular flexibility index (Phi) is 4.21. The number of halogens is 1. The van der Waals surface area contributed by atoms with Crippen LogP contribution >= 0.6 is 0 Å². The molecule has 0 fully saturated rings. The Balaban J connectivity index is 2.22.